The fraction of sp³-hybridized carbons (Fsp3) is 0.615. The van der Waals surface area contributed by atoms with E-state index >= 15 is 0 Å². The molecule has 0 aliphatic carbocycles. The summed E-state index contributed by atoms with van der Waals surface area (Å²) in [6.45, 7) is 3.54. The molecule has 1 amide bonds. The minimum Gasteiger partial charge on any atom is -0.478 e. The van der Waals surface area contributed by atoms with Crippen LogP contribution in [-0.2, 0) is 23.9 Å². The van der Waals surface area contributed by atoms with Crippen LogP contribution in [0.2, 0.25) is 0 Å². The maximum atomic E-state index is 12.2. The summed E-state index contributed by atoms with van der Waals surface area (Å²) in [6.07, 6.45) is 0.0470. The number of methoxy groups -OCH3 is 2. The summed E-state index contributed by atoms with van der Waals surface area (Å²) in [5, 5.41) is 8.89. The first kappa shape index (κ1) is 18.1. The van der Waals surface area contributed by atoms with Crippen LogP contribution in [0.5, 0.6) is 0 Å². The number of esters is 1. The molecule has 0 rings (SSSR count). The van der Waals surface area contributed by atoms with Crippen molar-refractivity contribution in [2.45, 2.75) is 20.3 Å². The van der Waals surface area contributed by atoms with Crippen molar-refractivity contribution >= 4 is 17.8 Å². The van der Waals surface area contributed by atoms with E-state index in [4.69, 9.17) is 9.84 Å². The van der Waals surface area contributed by atoms with Crippen LogP contribution in [0.25, 0.3) is 0 Å². The Kier molecular flexibility index (Phi) is 8.23. The normalized spacial score (nSPS) is 11.6. The summed E-state index contributed by atoms with van der Waals surface area (Å²) in [6, 6.07) is 0. The van der Waals surface area contributed by atoms with Gasteiger partial charge in [0.1, 0.15) is 0 Å². The van der Waals surface area contributed by atoms with E-state index < -0.39 is 17.8 Å². The molecule has 0 spiro atoms. The molecule has 7 heteroatoms. The van der Waals surface area contributed by atoms with E-state index in [2.05, 4.69) is 4.74 Å². The number of amides is 1. The molecule has 0 aromatic carbocycles. The lowest BCUT2D eigenvalue weighted by Gasteiger charge is -2.22. The van der Waals surface area contributed by atoms with Crippen LogP contribution in [0, 0.1) is 0 Å². The minimum absolute atomic E-state index is 0.0181. The van der Waals surface area contributed by atoms with Crippen LogP contribution in [0.15, 0.2) is 11.1 Å². The first-order valence-electron chi connectivity index (χ1n) is 6.10. The molecule has 0 aliphatic heterocycles. The molecule has 114 valence electrons. The number of ether oxygens (including phenoxy) is 2. The highest BCUT2D eigenvalue weighted by atomic mass is 16.5. The SMILES string of the molecule is COCCN(CCC(=O)OC)C(=O)C(C)=C(C)C(=O)O. The number of nitrogens with zero attached hydrogens (tertiary/aromatic N) is 1. The third-order valence-corrected chi connectivity index (χ3v) is 2.87. The third-order valence-electron chi connectivity index (χ3n) is 2.87. The fourth-order valence-electron chi connectivity index (χ4n) is 1.40. The molecular weight excluding hydrogens is 266 g/mol. The van der Waals surface area contributed by atoms with E-state index in [1.54, 1.807) is 0 Å². The Morgan fingerprint density at radius 1 is 1.05 bits per heavy atom. The second-order valence-electron chi connectivity index (χ2n) is 4.17. The van der Waals surface area contributed by atoms with Crippen LogP contribution < -0.4 is 0 Å². The van der Waals surface area contributed by atoms with Crippen LogP contribution in [0.1, 0.15) is 20.3 Å². The summed E-state index contributed by atoms with van der Waals surface area (Å²) >= 11 is 0. The zero-order valence-electron chi connectivity index (χ0n) is 12.3. The van der Waals surface area contributed by atoms with E-state index in [1.165, 1.54) is 33.0 Å². The van der Waals surface area contributed by atoms with Crippen molar-refractivity contribution in [2.24, 2.45) is 0 Å². The number of hydrogen-bond acceptors (Lipinski definition) is 5. The molecule has 20 heavy (non-hydrogen) atoms. The molecule has 0 aromatic heterocycles. The molecule has 0 aliphatic rings. The van der Waals surface area contributed by atoms with Gasteiger partial charge in [-0.15, -0.1) is 0 Å². The van der Waals surface area contributed by atoms with Crippen molar-refractivity contribution in [3.63, 3.8) is 0 Å². The van der Waals surface area contributed by atoms with E-state index in [9.17, 15) is 14.4 Å². The molecule has 0 aromatic rings. The van der Waals surface area contributed by atoms with Crippen LogP contribution >= 0.6 is 0 Å². The van der Waals surface area contributed by atoms with Gasteiger partial charge >= 0.3 is 11.9 Å². The lowest BCUT2D eigenvalue weighted by molar-refractivity contribution is -0.141. The maximum absolute atomic E-state index is 12.2. The lowest BCUT2D eigenvalue weighted by Crippen LogP contribution is -2.36. The van der Waals surface area contributed by atoms with E-state index in [1.807, 2.05) is 0 Å². The minimum atomic E-state index is -1.14. The molecule has 1 N–H and O–H groups in total. The molecule has 0 unspecified atom stereocenters. The number of carbonyl (C=O) groups excluding carboxylic acids is 2. The standard InChI is InChI=1S/C13H21NO6/c1-9(10(2)13(17)18)12(16)14(7-8-19-3)6-5-11(15)20-4/h5-8H2,1-4H3,(H,17,18). The first-order chi connectivity index (χ1) is 9.34. The van der Waals surface area contributed by atoms with E-state index in [0.29, 0.717) is 6.61 Å². The highest BCUT2D eigenvalue weighted by molar-refractivity contribution is 6.01. The second kappa shape index (κ2) is 9.08. The van der Waals surface area contributed by atoms with Gasteiger partial charge in [0.2, 0.25) is 5.91 Å². The lowest BCUT2D eigenvalue weighted by atomic mass is 10.1. The van der Waals surface area contributed by atoms with Gasteiger partial charge < -0.3 is 19.5 Å². The smallest absolute Gasteiger partial charge is 0.331 e. The van der Waals surface area contributed by atoms with Crippen molar-refractivity contribution in [3.05, 3.63) is 11.1 Å². The molecule has 0 bridgehead atoms. The predicted octanol–water partition coefficient (Wildman–Crippen LogP) is 0.446. The Balaban J connectivity index is 4.92. The Bertz CT molecular complexity index is 402. The average Bonchev–Trinajstić information content (AvgIpc) is 2.44. The van der Waals surface area contributed by atoms with Crippen molar-refractivity contribution in [2.75, 3.05) is 33.9 Å². The Labute approximate surface area is 118 Å². The monoisotopic (exact) mass is 287 g/mol. The zero-order chi connectivity index (χ0) is 15.7. The predicted molar refractivity (Wildman–Crippen MR) is 71.1 cm³/mol. The molecule has 0 saturated heterocycles. The third kappa shape index (κ3) is 5.83. The van der Waals surface area contributed by atoms with Gasteiger partial charge in [-0.1, -0.05) is 0 Å². The fourth-order valence-corrected chi connectivity index (χ4v) is 1.40. The van der Waals surface area contributed by atoms with Crippen LogP contribution in [-0.4, -0.2) is 61.8 Å². The van der Waals surface area contributed by atoms with Crippen molar-refractivity contribution in [1.29, 1.82) is 0 Å². The Hall–Kier alpha value is -1.89. The molecular formula is C13H21NO6. The quantitative estimate of drug-likeness (QED) is 0.514. The summed E-state index contributed by atoms with van der Waals surface area (Å²) in [5.41, 5.74) is 0.119. The topological polar surface area (TPSA) is 93.1 Å². The molecule has 7 nitrogen and oxygen atoms in total. The number of hydrogen-bond donors (Lipinski definition) is 1. The molecule has 0 heterocycles. The molecule has 0 radical (unpaired) electrons. The van der Waals surface area contributed by atoms with Crippen molar-refractivity contribution in [1.82, 2.24) is 4.90 Å². The number of rotatable bonds is 8. The van der Waals surface area contributed by atoms with E-state index in [-0.39, 0.29) is 30.7 Å². The Morgan fingerprint density at radius 2 is 1.65 bits per heavy atom. The maximum Gasteiger partial charge on any atom is 0.331 e. The highest BCUT2D eigenvalue weighted by Crippen LogP contribution is 2.09. The number of carboxylic acid groups (broad SMARTS) is 1. The molecule has 0 atom stereocenters. The van der Waals surface area contributed by atoms with Gasteiger partial charge in [0.25, 0.3) is 0 Å². The van der Waals surface area contributed by atoms with Gasteiger partial charge in [0.05, 0.1) is 20.1 Å². The highest BCUT2D eigenvalue weighted by Gasteiger charge is 2.20. The van der Waals surface area contributed by atoms with Crippen LogP contribution in [0.4, 0.5) is 0 Å². The number of carbonyl (C=O) groups is 3. The largest absolute Gasteiger partial charge is 0.478 e. The Morgan fingerprint density at radius 3 is 2.10 bits per heavy atom. The summed E-state index contributed by atoms with van der Waals surface area (Å²) < 4.78 is 9.42. The van der Waals surface area contributed by atoms with E-state index in [0.717, 1.165) is 0 Å². The van der Waals surface area contributed by atoms with Gasteiger partial charge in [-0.2, -0.15) is 0 Å². The summed E-state index contributed by atoms with van der Waals surface area (Å²) in [5.74, 6) is -2.00. The molecule has 0 saturated carbocycles. The zero-order valence-corrected chi connectivity index (χ0v) is 12.3. The van der Waals surface area contributed by atoms with Gasteiger partial charge in [0, 0.05) is 31.3 Å². The van der Waals surface area contributed by atoms with Crippen molar-refractivity contribution in [3.8, 4) is 0 Å². The van der Waals surface area contributed by atoms with Gasteiger partial charge in [-0.05, 0) is 13.8 Å². The number of aliphatic carboxylic acids is 1. The van der Waals surface area contributed by atoms with Crippen molar-refractivity contribution < 1.29 is 29.0 Å². The van der Waals surface area contributed by atoms with Gasteiger partial charge in [0.15, 0.2) is 0 Å². The average molecular weight is 287 g/mol. The summed E-state index contributed by atoms with van der Waals surface area (Å²) in [7, 11) is 2.76. The first-order valence-corrected chi connectivity index (χ1v) is 6.10. The molecule has 0 fully saturated rings. The number of carboxylic acids is 1. The second-order valence-corrected chi connectivity index (χ2v) is 4.17. The van der Waals surface area contributed by atoms with Gasteiger partial charge in [-0.25, -0.2) is 4.79 Å². The van der Waals surface area contributed by atoms with Crippen LogP contribution in [0.3, 0.4) is 0 Å². The van der Waals surface area contributed by atoms with Gasteiger partial charge in [-0.3, -0.25) is 9.59 Å². The summed E-state index contributed by atoms with van der Waals surface area (Å²) in [4.78, 5) is 35.6.